The maximum Gasteiger partial charge on any atom is 0.179 e. The van der Waals surface area contributed by atoms with Crippen molar-refractivity contribution in [2.75, 3.05) is 0 Å². The Balaban J connectivity index is 2.08. The van der Waals surface area contributed by atoms with Crippen molar-refractivity contribution in [1.29, 1.82) is 0 Å². The van der Waals surface area contributed by atoms with Crippen molar-refractivity contribution in [3.63, 3.8) is 0 Å². The zero-order valence-electron chi connectivity index (χ0n) is 16.8. The predicted octanol–water partition coefficient (Wildman–Crippen LogP) is 5.50. The molecule has 2 aromatic carbocycles. The highest BCUT2D eigenvalue weighted by Crippen LogP contribution is 2.41. The lowest BCUT2D eigenvalue weighted by atomic mass is 9.73. The van der Waals surface area contributed by atoms with Crippen LogP contribution in [0.4, 0.5) is 0 Å². The van der Waals surface area contributed by atoms with Gasteiger partial charge in [-0.05, 0) is 69.5 Å². The SMILES string of the molecule is CCc1ccc(Oc2ccccc2Cl)cc1C1C(=O)C(C)(C)OC(C)(C)C1=O. The first kappa shape index (κ1) is 20.6. The van der Waals surface area contributed by atoms with E-state index in [0.717, 1.165) is 5.56 Å². The van der Waals surface area contributed by atoms with E-state index in [-0.39, 0.29) is 11.6 Å². The molecule has 1 fully saturated rings. The Morgan fingerprint density at radius 2 is 1.61 bits per heavy atom. The van der Waals surface area contributed by atoms with Crippen molar-refractivity contribution >= 4 is 23.2 Å². The van der Waals surface area contributed by atoms with Crippen LogP contribution in [0.5, 0.6) is 11.5 Å². The quantitative estimate of drug-likeness (QED) is 0.635. The fourth-order valence-corrected chi connectivity index (χ4v) is 3.89. The third-order valence-corrected chi connectivity index (χ3v) is 5.41. The highest BCUT2D eigenvalue weighted by Gasteiger charge is 2.53. The summed E-state index contributed by atoms with van der Waals surface area (Å²) in [5.41, 5.74) is -0.488. The normalized spacial score (nSPS) is 18.9. The Morgan fingerprint density at radius 1 is 1.00 bits per heavy atom. The van der Waals surface area contributed by atoms with Crippen LogP contribution in [0.25, 0.3) is 0 Å². The molecule has 0 saturated carbocycles. The third kappa shape index (κ3) is 3.71. The van der Waals surface area contributed by atoms with Gasteiger partial charge in [-0.3, -0.25) is 9.59 Å². The van der Waals surface area contributed by atoms with E-state index >= 15 is 0 Å². The van der Waals surface area contributed by atoms with E-state index in [0.29, 0.717) is 28.5 Å². The predicted molar refractivity (Wildman–Crippen MR) is 109 cm³/mol. The van der Waals surface area contributed by atoms with Crippen LogP contribution in [0.1, 0.15) is 51.7 Å². The molecule has 0 unspecified atom stereocenters. The Kier molecular flexibility index (Phi) is 5.39. The molecule has 0 bridgehead atoms. The van der Waals surface area contributed by atoms with Gasteiger partial charge in [0.1, 0.15) is 28.6 Å². The summed E-state index contributed by atoms with van der Waals surface area (Å²) in [5.74, 6) is -0.306. The third-order valence-electron chi connectivity index (χ3n) is 5.10. The first-order chi connectivity index (χ1) is 13.1. The number of benzene rings is 2. The summed E-state index contributed by atoms with van der Waals surface area (Å²) in [4.78, 5) is 26.3. The molecule has 1 aliphatic rings. The minimum absolute atomic E-state index is 0.235. The molecule has 1 heterocycles. The molecule has 148 valence electrons. The molecular formula is C23H25ClO4. The zero-order chi connectivity index (χ0) is 20.7. The molecule has 0 aromatic heterocycles. The molecule has 1 saturated heterocycles. The fraction of sp³-hybridized carbons (Fsp3) is 0.391. The van der Waals surface area contributed by atoms with Crippen LogP contribution in [0, 0.1) is 0 Å². The van der Waals surface area contributed by atoms with Crippen molar-refractivity contribution in [2.24, 2.45) is 0 Å². The average Bonchev–Trinajstić information content (AvgIpc) is 2.62. The van der Waals surface area contributed by atoms with Gasteiger partial charge in [-0.15, -0.1) is 0 Å². The summed E-state index contributed by atoms with van der Waals surface area (Å²) in [6.45, 7) is 8.86. The van der Waals surface area contributed by atoms with Gasteiger partial charge in [0.25, 0.3) is 0 Å². The van der Waals surface area contributed by atoms with Gasteiger partial charge in [0.15, 0.2) is 11.6 Å². The van der Waals surface area contributed by atoms with Crippen molar-refractivity contribution in [3.8, 4) is 11.5 Å². The van der Waals surface area contributed by atoms with Gasteiger partial charge in [-0.1, -0.05) is 36.7 Å². The molecule has 2 aromatic rings. The highest BCUT2D eigenvalue weighted by molar-refractivity contribution is 6.32. The van der Waals surface area contributed by atoms with Gasteiger partial charge in [0, 0.05) is 0 Å². The molecule has 28 heavy (non-hydrogen) atoms. The van der Waals surface area contributed by atoms with E-state index in [4.69, 9.17) is 21.1 Å². The number of carbonyl (C=O) groups excluding carboxylic acids is 2. The molecule has 4 nitrogen and oxygen atoms in total. The van der Waals surface area contributed by atoms with Gasteiger partial charge in [-0.2, -0.15) is 0 Å². The van der Waals surface area contributed by atoms with Crippen LogP contribution in [-0.4, -0.2) is 22.8 Å². The molecule has 0 radical (unpaired) electrons. The number of Topliss-reactive ketones (excluding diaryl/α,β-unsaturated/α-hetero) is 2. The smallest absolute Gasteiger partial charge is 0.179 e. The van der Waals surface area contributed by atoms with Crippen molar-refractivity contribution < 1.29 is 19.1 Å². The Hall–Kier alpha value is -2.17. The second-order valence-electron chi connectivity index (χ2n) is 8.03. The van der Waals surface area contributed by atoms with Crippen molar-refractivity contribution in [2.45, 2.75) is 58.2 Å². The van der Waals surface area contributed by atoms with Crippen LogP contribution in [0.2, 0.25) is 5.02 Å². The average molecular weight is 401 g/mol. The van der Waals surface area contributed by atoms with Crippen molar-refractivity contribution in [3.05, 3.63) is 58.6 Å². The van der Waals surface area contributed by atoms with E-state index in [2.05, 4.69) is 0 Å². The number of hydrogen-bond acceptors (Lipinski definition) is 4. The summed E-state index contributed by atoms with van der Waals surface area (Å²) in [6, 6.07) is 12.7. The van der Waals surface area contributed by atoms with Crippen LogP contribution in [0.15, 0.2) is 42.5 Å². The lowest BCUT2D eigenvalue weighted by Gasteiger charge is -2.43. The Labute approximate surface area is 170 Å². The molecule has 0 spiro atoms. The summed E-state index contributed by atoms with van der Waals surface area (Å²) >= 11 is 6.19. The maximum absolute atomic E-state index is 13.1. The van der Waals surface area contributed by atoms with Gasteiger partial charge < -0.3 is 9.47 Å². The molecule has 1 aliphatic heterocycles. The molecule has 3 rings (SSSR count). The summed E-state index contributed by atoms with van der Waals surface area (Å²) in [5, 5.41) is 0.490. The van der Waals surface area contributed by atoms with E-state index in [1.54, 1.807) is 45.9 Å². The van der Waals surface area contributed by atoms with E-state index in [9.17, 15) is 9.59 Å². The van der Waals surface area contributed by atoms with E-state index < -0.39 is 17.1 Å². The fourth-order valence-electron chi connectivity index (χ4n) is 3.72. The number of rotatable bonds is 4. The minimum atomic E-state index is -1.05. The number of ether oxygens (including phenoxy) is 2. The lowest BCUT2D eigenvalue weighted by Crippen LogP contribution is -2.58. The van der Waals surface area contributed by atoms with Crippen molar-refractivity contribution in [1.82, 2.24) is 0 Å². The van der Waals surface area contributed by atoms with Gasteiger partial charge in [-0.25, -0.2) is 0 Å². The number of carbonyl (C=O) groups is 2. The van der Waals surface area contributed by atoms with Crippen LogP contribution in [0.3, 0.4) is 0 Å². The van der Waals surface area contributed by atoms with E-state index in [1.165, 1.54) is 0 Å². The molecule has 0 amide bonds. The Bertz CT molecular complexity index is 904. The first-order valence-electron chi connectivity index (χ1n) is 9.41. The number of hydrogen-bond donors (Lipinski definition) is 0. The molecule has 5 heteroatoms. The maximum atomic E-state index is 13.1. The Morgan fingerprint density at radius 3 is 2.18 bits per heavy atom. The molecule has 0 atom stereocenters. The van der Waals surface area contributed by atoms with Crippen LogP contribution < -0.4 is 4.74 Å². The summed E-state index contributed by atoms with van der Waals surface area (Å²) in [6.07, 6.45) is 0.695. The summed E-state index contributed by atoms with van der Waals surface area (Å²) < 4.78 is 11.7. The number of halogens is 1. The first-order valence-corrected chi connectivity index (χ1v) is 9.78. The standard InChI is InChI=1S/C23H25ClO4/c1-6-14-11-12-15(27-18-10-8-7-9-17(18)24)13-16(14)19-20(25)22(2,3)28-23(4,5)21(19)26/h7-13,19H,6H2,1-5H3. The largest absolute Gasteiger partial charge is 0.456 e. The summed E-state index contributed by atoms with van der Waals surface area (Å²) in [7, 11) is 0. The van der Waals surface area contributed by atoms with Gasteiger partial charge in [0.05, 0.1) is 5.02 Å². The van der Waals surface area contributed by atoms with E-state index in [1.807, 2.05) is 31.2 Å². The number of ketones is 2. The minimum Gasteiger partial charge on any atom is -0.456 e. The van der Waals surface area contributed by atoms with Crippen LogP contribution >= 0.6 is 11.6 Å². The monoisotopic (exact) mass is 400 g/mol. The number of para-hydroxylation sites is 1. The lowest BCUT2D eigenvalue weighted by molar-refractivity contribution is -0.184. The molecule has 0 aliphatic carbocycles. The van der Waals surface area contributed by atoms with Crippen LogP contribution in [-0.2, 0) is 20.7 Å². The highest BCUT2D eigenvalue weighted by atomic mass is 35.5. The van der Waals surface area contributed by atoms with Gasteiger partial charge >= 0.3 is 0 Å². The van der Waals surface area contributed by atoms with Gasteiger partial charge in [0.2, 0.25) is 0 Å². The zero-order valence-corrected chi connectivity index (χ0v) is 17.6. The number of aryl methyl sites for hydroxylation is 1. The second kappa shape index (κ2) is 7.34. The topological polar surface area (TPSA) is 52.6 Å². The molecule has 0 N–H and O–H groups in total. The molecular weight excluding hydrogens is 376 g/mol. The second-order valence-corrected chi connectivity index (χ2v) is 8.44.